The van der Waals surface area contributed by atoms with Gasteiger partial charge in [0.05, 0.1) is 11.0 Å². The van der Waals surface area contributed by atoms with Crippen LogP contribution in [0.3, 0.4) is 0 Å². The third-order valence-corrected chi connectivity index (χ3v) is 3.94. The van der Waals surface area contributed by atoms with E-state index in [1.807, 2.05) is 0 Å². The number of carboxylic acid groups (broad SMARTS) is 1. The van der Waals surface area contributed by atoms with Gasteiger partial charge >= 0.3 is 11.7 Å². The van der Waals surface area contributed by atoms with Gasteiger partial charge in [-0.25, -0.2) is 9.36 Å². The first-order chi connectivity index (χ1) is 12.0. The predicted octanol–water partition coefficient (Wildman–Crippen LogP) is 1.94. The highest BCUT2D eigenvalue weighted by Gasteiger charge is 2.19. The highest BCUT2D eigenvalue weighted by Crippen LogP contribution is 2.16. The van der Waals surface area contributed by atoms with Gasteiger partial charge < -0.3 is 10.8 Å². The van der Waals surface area contributed by atoms with E-state index in [1.54, 1.807) is 42.5 Å². The minimum absolute atomic E-state index is 0.0465. The quantitative estimate of drug-likeness (QED) is 0.691. The van der Waals surface area contributed by atoms with Crippen molar-refractivity contribution >= 4 is 28.6 Å². The maximum atomic E-state index is 12.8. The normalized spacial score (nSPS) is 10.9. The molecule has 2 aromatic carbocycles. The molecule has 0 fully saturated rings. The fraction of sp³-hybridized carbons (Fsp3) is 0.167. The Morgan fingerprint density at radius 2 is 1.76 bits per heavy atom. The first-order valence-corrected chi connectivity index (χ1v) is 7.81. The first-order valence-electron chi connectivity index (χ1n) is 7.81. The summed E-state index contributed by atoms with van der Waals surface area (Å²) in [6.07, 6.45) is 0.255. The van der Waals surface area contributed by atoms with Crippen molar-refractivity contribution in [2.24, 2.45) is 0 Å². The van der Waals surface area contributed by atoms with E-state index < -0.39 is 17.6 Å². The Labute approximate surface area is 142 Å². The van der Waals surface area contributed by atoms with E-state index in [0.29, 0.717) is 28.7 Å². The van der Waals surface area contributed by atoms with Crippen LogP contribution in [0.25, 0.3) is 11.0 Å². The number of carbonyl (C=O) groups is 2. The SMILES string of the molecule is Nc1cccc(C(=O)n2c(=O)n(CCCC(=O)O)c3ccccc32)c1. The van der Waals surface area contributed by atoms with Crippen molar-refractivity contribution in [3.63, 3.8) is 0 Å². The molecule has 0 radical (unpaired) electrons. The lowest BCUT2D eigenvalue weighted by atomic mass is 10.2. The minimum Gasteiger partial charge on any atom is -0.481 e. The molecule has 128 valence electrons. The van der Waals surface area contributed by atoms with Crippen LogP contribution in [-0.2, 0) is 11.3 Å². The molecule has 3 N–H and O–H groups in total. The summed E-state index contributed by atoms with van der Waals surface area (Å²) in [4.78, 5) is 36.3. The van der Waals surface area contributed by atoms with E-state index in [2.05, 4.69) is 0 Å². The van der Waals surface area contributed by atoms with Crippen LogP contribution < -0.4 is 11.4 Å². The number of benzene rings is 2. The molecule has 0 aliphatic heterocycles. The molecule has 0 aliphatic rings. The molecule has 3 aromatic rings. The maximum absolute atomic E-state index is 12.8. The van der Waals surface area contributed by atoms with E-state index in [1.165, 1.54) is 10.6 Å². The molecule has 0 amide bonds. The first kappa shape index (κ1) is 16.5. The summed E-state index contributed by atoms with van der Waals surface area (Å²) in [5.41, 5.74) is 7.06. The second-order valence-electron chi connectivity index (χ2n) is 5.69. The number of aliphatic carboxylic acids is 1. The van der Waals surface area contributed by atoms with Crippen molar-refractivity contribution in [3.05, 3.63) is 64.6 Å². The summed E-state index contributed by atoms with van der Waals surface area (Å²) in [5, 5.41) is 8.78. The van der Waals surface area contributed by atoms with Gasteiger partial charge in [-0.05, 0) is 36.8 Å². The van der Waals surface area contributed by atoms with Gasteiger partial charge in [0.15, 0.2) is 0 Å². The predicted molar refractivity (Wildman–Crippen MR) is 93.7 cm³/mol. The number of hydrogen-bond acceptors (Lipinski definition) is 4. The Morgan fingerprint density at radius 1 is 1.04 bits per heavy atom. The number of aryl methyl sites for hydroxylation is 1. The Kier molecular flexibility index (Phi) is 4.38. The number of para-hydroxylation sites is 2. The van der Waals surface area contributed by atoms with Gasteiger partial charge in [-0.15, -0.1) is 0 Å². The van der Waals surface area contributed by atoms with Crippen molar-refractivity contribution < 1.29 is 14.7 Å². The topological polar surface area (TPSA) is 107 Å². The largest absolute Gasteiger partial charge is 0.481 e. The van der Waals surface area contributed by atoms with Crippen molar-refractivity contribution in [2.75, 3.05) is 5.73 Å². The van der Waals surface area contributed by atoms with Crippen LogP contribution in [0.15, 0.2) is 53.3 Å². The zero-order chi connectivity index (χ0) is 18.0. The van der Waals surface area contributed by atoms with Gasteiger partial charge in [0.25, 0.3) is 5.91 Å². The maximum Gasteiger partial charge on any atom is 0.336 e. The Morgan fingerprint density at radius 3 is 2.44 bits per heavy atom. The molecule has 1 heterocycles. The highest BCUT2D eigenvalue weighted by molar-refractivity contribution is 6.01. The van der Waals surface area contributed by atoms with E-state index in [4.69, 9.17) is 10.8 Å². The number of nitrogens with two attached hydrogens (primary N) is 1. The fourth-order valence-corrected chi connectivity index (χ4v) is 2.81. The van der Waals surface area contributed by atoms with Crippen molar-refractivity contribution in [3.8, 4) is 0 Å². The van der Waals surface area contributed by atoms with Gasteiger partial charge in [0.1, 0.15) is 0 Å². The van der Waals surface area contributed by atoms with Crippen molar-refractivity contribution in [1.82, 2.24) is 9.13 Å². The number of carboxylic acids is 1. The van der Waals surface area contributed by atoms with Gasteiger partial charge in [0, 0.05) is 24.2 Å². The third kappa shape index (κ3) is 3.16. The summed E-state index contributed by atoms with van der Waals surface area (Å²) in [7, 11) is 0. The van der Waals surface area contributed by atoms with Crippen LogP contribution in [-0.4, -0.2) is 26.1 Å². The summed E-state index contributed by atoms with van der Waals surface area (Å²) in [6.45, 7) is 0.225. The number of aromatic nitrogens is 2. The van der Waals surface area contributed by atoms with Crippen LogP contribution in [0.4, 0.5) is 5.69 Å². The molecule has 3 rings (SSSR count). The van der Waals surface area contributed by atoms with Crippen molar-refractivity contribution in [1.29, 1.82) is 0 Å². The van der Waals surface area contributed by atoms with Crippen LogP contribution in [0.2, 0.25) is 0 Å². The second kappa shape index (κ2) is 6.64. The van der Waals surface area contributed by atoms with E-state index in [9.17, 15) is 14.4 Å². The molecule has 7 heteroatoms. The lowest BCUT2D eigenvalue weighted by Crippen LogP contribution is -2.29. The lowest BCUT2D eigenvalue weighted by Gasteiger charge is -2.03. The fourth-order valence-electron chi connectivity index (χ4n) is 2.81. The van der Waals surface area contributed by atoms with E-state index in [0.717, 1.165) is 4.57 Å². The lowest BCUT2D eigenvalue weighted by molar-refractivity contribution is -0.137. The third-order valence-electron chi connectivity index (χ3n) is 3.94. The molecule has 0 saturated heterocycles. The zero-order valence-electron chi connectivity index (χ0n) is 13.4. The Balaban J connectivity index is 2.09. The number of nitrogen functional groups attached to an aromatic ring is 1. The molecule has 1 aromatic heterocycles. The monoisotopic (exact) mass is 339 g/mol. The Hall–Kier alpha value is -3.35. The minimum atomic E-state index is -0.923. The molecule has 0 bridgehead atoms. The van der Waals surface area contributed by atoms with Gasteiger partial charge in [-0.1, -0.05) is 18.2 Å². The number of anilines is 1. The number of carbonyl (C=O) groups excluding carboxylic acids is 1. The van der Waals surface area contributed by atoms with Gasteiger partial charge in [-0.2, -0.15) is 0 Å². The molecular formula is C18H17N3O4. The van der Waals surface area contributed by atoms with Gasteiger partial charge in [-0.3, -0.25) is 14.2 Å². The zero-order valence-corrected chi connectivity index (χ0v) is 13.4. The molecule has 0 saturated carbocycles. The summed E-state index contributed by atoms with van der Waals surface area (Å²) in [6, 6.07) is 13.4. The standard InChI is InChI=1S/C18H17N3O4/c19-13-6-3-5-12(11-13)17(24)21-15-8-2-1-7-14(15)20(18(21)25)10-4-9-16(22)23/h1-3,5-8,11H,4,9-10,19H2,(H,22,23). The number of imidazole rings is 1. The number of nitrogens with zero attached hydrogens (tertiary/aromatic N) is 2. The average Bonchev–Trinajstić information content (AvgIpc) is 2.86. The van der Waals surface area contributed by atoms with E-state index >= 15 is 0 Å². The smallest absolute Gasteiger partial charge is 0.336 e. The van der Waals surface area contributed by atoms with E-state index in [-0.39, 0.29) is 13.0 Å². The molecule has 0 spiro atoms. The molecule has 0 aliphatic carbocycles. The molecule has 0 atom stereocenters. The number of hydrogen-bond donors (Lipinski definition) is 2. The summed E-state index contributed by atoms with van der Waals surface area (Å²) in [5.74, 6) is -1.39. The number of rotatable bonds is 5. The molecule has 25 heavy (non-hydrogen) atoms. The van der Waals surface area contributed by atoms with Crippen molar-refractivity contribution in [2.45, 2.75) is 19.4 Å². The Bertz CT molecular complexity index is 1020. The average molecular weight is 339 g/mol. The summed E-state index contributed by atoms with van der Waals surface area (Å²) < 4.78 is 2.54. The molecular weight excluding hydrogens is 322 g/mol. The van der Waals surface area contributed by atoms with Crippen LogP contribution >= 0.6 is 0 Å². The van der Waals surface area contributed by atoms with Crippen LogP contribution in [0.5, 0.6) is 0 Å². The van der Waals surface area contributed by atoms with Gasteiger partial charge in [0.2, 0.25) is 0 Å². The highest BCUT2D eigenvalue weighted by atomic mass is 16.4. The molecule has 7 nitrogen and oxygen atoms in total. The van der Waals surface area contributed by atoms with Crippen LogP contribution in [0, 0.1) is 0 Å². The number of fused-ring (bicyclic) bond motifs is 1. The molecule has 0 unspecified atom stereocenters. The second-order valence-corrected chi connectivity index (χ2v) is 5.69. The van der Waals surface area contributed by atoms with Crippen LogP contribution in [0.1, 0.15) is 23.2 Å². The summed E-state index contributed by atoms with van der Waals surface area (Å²) >= 11 is 0.